The number of fused-ring (bicyclic) bond motifs is 3. The molecule has 0 radical (unpaired) electrons. The SMILES string of the molecule is COc1ccccc1C#Cc1ccc2c(c1)[C@@H]1[C@@H](CCN1S(=O)(=O)c1ccc(C)cc1)[C@@H](CO)N2. The van der Waals surface area contributed by atoms with Crippen molar-refractivity contribution in [1.82, 2.24) is 4.31 Å². The van der Waals surface area contributed by atoms with Crippen molar-refractivity contribution < 1.29 is 18.3 Å². The smallest absolute Gasteiger partial charge is 0.243 e. The lowest BCUT2D eigenvalue weighted by Crippen LogP contribution is -2.42. The van der Waals surface area contributed by atoms with E-state index in [-0.39, 0.29) is 29.5 Å². The van der Waals surface area contributed by atoms with Gasteiger partial charge in [-0.3, -0.25) is 0 Å². The summed E-state index contributed by atoms with van der Waals surface area (Å²) in [5.41, 5.74) is 4.30. The standard InChI is InChI=1S/C28H28N2O4S/c1-19-7-12-22(13-8-19)35(32,33)30-16-15-23-26(18-31)29-25-14-10-20(17-24(25)28(23)30)9-11-21-5-3-4-6-27(21)34-2/h3-8,10,12-14,17,23,26,28-29,31H,15-16,18H2,1-2H3/t23-,26+,28-/m0/s1. The maximum Gasteiger partial charge on any atom is 0.243 e. The predicted molar refractivity (Wildman–Crippen MR) is 136 cm³/mol. The van der Waals surface area contributed by atoms with E-state index in [1.807, 2.05) is 61.5 Å². The van der Waals surface area contributed by atoms with E-state index in [4.69, 9.17) is 4.74 Å². The molecule has 0 aromatic heterocycles. The van der Waals surface area contributed by atoms with Crippen LogP contribution in [0.4, 0.5) is 5.69 Å². The summed E-state index contributed by atoms with van der Waals surface area (Å²) in [5.74, 6) is 7.05. The van der Waals surface area contributed by atoms with Crippen molar-refractivity contribution >= 4 is 15.7 Å². The van der Waals surface area contributed by atoms with Gasteiger partial charge in [0.2, 0.25) is 10.0 Å². The topological polar surface area (TPSA) is 78.9 Å². The van der Waals surface area contributed by atoms with Crippen molar-refractivity contribution in [3.8, 4) is 17.6 Å². The first-order valence-corrected chi connectivity index (χ1v) is 13.1. The average molecular weight is 489 g/mol. The van der Waals surface area contributed by atoms with Crippen LogP contribution in [0.2, 0.25) is 0 Å². The van der Waals surface area contributed by atoms with Gasteiger partial charge < -0.3 is 15.2 Å². The fourth-order valence-corrected chi connectivity index (χ4v) is 6.77. The molecular formula is C28H28N2O4S. The van der Waals surface area contributed by atoms with Crippen molar-refractivity contribution in [3.05, 3.63) is 89.0 Å². The summed E-state index contributed by atoms with van der Waals surface area (Å²) in [6.07, 6.45) is 0.671. The summed E-state index contributed by atoms with van der Waals surface area (Å²) in [6, 6.07) is 19.8. The molecular weight excluding hydrogens is 460 g/mol. The number of nitrogens with zero attached hydrogens (tertiary/aromatic N) is 1. The predicted octanol–water partition coefficient (Wildman–Crippen LogP) is 3.94. The van der Waals surface area contributed by atoms with Crippen LogP contribution in [0.25, 0.3) is 0 Å². The second-order valence-corrected chi connectivity index (χ2v) is 10.9. The van der Waals surface area contributed by atoms with Gasteiger partial charge in [-0.05, 0) is 61.4 Å². The summed E-state index contributed by atoms with van der Waals surface area (Å²) in [5, 5.41) is 13.5. The van der Waals surface area contributed by atoms with Crippen LogP contribution in [0.5, 0.6) is 5.75 Å². The van der Waals surface area contributed by atoms with Crippen LogP contribution in [-0.4, -0.2) is 44.1 Å². The molecule has 1 saturated heterocycles. The molecule has 2 aliphatic rings. The lowest BCUT2D eigenvalue weighted by molar-refractivity contribution is 0.210. The number of hydrogen-bond acceptors (Lipinski definition) is 5. The third-order valence-electron chi connectivity index (χ3n) is 6.90. The largest absolute Gasteiger partial charge is 0.495 e. The van der Waals surface area contributed by atoms with Crippen molar-refractivity contribution in [1.29, 1.82) is 0 Å². The lowest BCUT2D eigenvalue weighted by atomic mass is 9.83. The molecule has 0 aliphatic carbocycles. The number of aliphatic hydroxyl groups excluding tert-OH is 1. The van der Waals surface area contributed by atoms with Crippen molar-refractivity contribution in [2.75, 3.05) is 25.6 Å². The summed E-state index contributed by atoms with van der Waals surface area (Å²) < 4.78 is 34.3. The Bertz CT molecular complexity index is 1410. The highest BCUT2D eigenvalue weighted by molar-refractivity contribution is 7.89. The summed E-state index contributed by atoms with van der Waals surface area (Å²) in [4.78, 5) is 0.288. The van der Waals surface area contributed by atoms with E-state index in [9.17, 15) is 13.5 Å². The first-order valence-electron chi connectivity index (χ1n) is 11.7. The molecule has 1 fully saturated rings. The molecule has 2 aliphatic heterocycles. The maximum atomic E-state index is 13.7. The minimum absolute atomic E-state index is 0.0369. The zero-order valence-corrected chi connectivity index (χ0v) is 20.5. The quantitative estimate of drug-likeness (QED) is 0.544. The van der Waals surface area contributed by atoms with Crippen LogP contribution in [0, 0.1) is 24.7 Å². The number of methoxy groups -OCH3 is 1. The minimum atomic E-state index is -3.71. The van der Waals surface area contributed by atoms with Crippen LogP contribution >= 0.6 is 0 Å². The molecule has 0 bridgehead atoms. The van der Waals surface area contributed by atoms with Gasteiger partial charge in [0.1, 0.15) is 5.75 Å². The number of benzene rings is 3. The number of anilines is 1. The fraction of sp³-hybridized carbons (Fsp3) is 0.286. The Balaban J connectivity index is 1.56. The zero-order chi connectivity index (χ0) is 24.6. The van der Waals surface area contributed by atoms with Crippen LogP contribution < -0.4 is 10.1 Å². The molecule has 3 aromatic carbocycles. The second kappa shape index (κ2) is 9.38. The van der Waals surface area contributed by atoms with Crippen LogP contribution in [0.3, 0.4) is 0 Å². The Labute approximate surface area is 206 Å². The monoisotopic (exact) mass is 488 g/mol. The van der Waals surface area contributed by atoms with Gasteiger partial charge in [-0.15, -0.1) is 0 Å². The van der Waals surface area contributed by atoms with Crippen LogP contribution in [0.1, 0.15) is 34.7 Å². The van der Waals surface area contributed by atoms with Crippen LogP contribution in [-0.2, 0) is 10.0 Å². The first kappa shape index (κ1) is 23.4. The van der Waals surface area contributed by atoms with Gasteiger partial charge in [0, 0.05) is 23.7 Å². The molecule has 2 N–H and O–H groups in total. The van der Waals surface area contributed by atoms with Crippen LogP contribution in [0.15, 0.2) is 71.6 Å². The van der Waals surface area contributed by atoms with Gasteiger partial charge in [-0.1, -0.05) is 41.7 Å². The lowest BCUT2D eigenvalue weighted by Gasteiger charge is -2.38. The highest BCUT2D eigenvalue weighted by Gasteiger charge is 2.48. The number of aryl methyl sites for hydroxylation is 1. The number of aliphatic hydroxyl groups is 1. The molecule has 180 valence electrons. The van der Waals surface area contributed by atoms with Gasteiger partial charge in [-0.2, -0.15) is 4.31 Å². The number of sulfonamides is 1. The molecule has 0 spiro atoms. The number of nitrogens with one attached hydrogen (secondary N) is 1. The minimum Gasteiger partial charge on any atom is -0.495 e. The first-order chi connectivity index (χ1) is 16.9. The fourth-order valence-electron chi connectivity index (χ4n) is 5.10. The molecule has 0 amide bonds. The van der Waals surface area contributed by atoms with E-state index in [0.717, 1.165) is 27.9 Å². The second-order valence-electron chi connectivity index (χ2n) is 9.01. The Hall–Kier alpha value is -3.31. The summed E-state index contributed by atoms with van der Waals surface area (Å²) in [7, 11) is -2.09. The third kappa shape index (κ3) is 4.30. The normalized spacial score (nSPS) is 21.3. The van der Waals surface area contributed by atoms with E-state index in [2.05, 4.69) is 17.2 Å². The maximum absolute atomic E-state index is 13.7. The Morgan fingerprint density at radius 2 is 1.86 bits per heavy atom. The number of ether oxygens (including phenoxy) is 1. The molecule has 6 nitrogen and oxygen atoms in total. The zero-order valence-electron chi connectivity index (χ0n) is 19.7. The van der Waals surface area contributed by atoms with Gasteiger partial charge in [0.05, 0.1) is 36.3 Å². The van der Waals surface area contributed by atoms with E-state index in [1.54, 1.807) is 23.5 Å². The number of rotatable bonds is 4. The molecule has 5 rings (SSSR count). The molecule has 2 heterocycles. The Morgan fingerprint density at radius 1 is 1.09 bits per heavy atom. The van der Waals surface area contributed by atoms with Crippen molar-refractivity contribution in [2.24, 2.45) is 5.92 Å². The Kier molecular flexibility index (Phi) is 6.28. The van der Waals surface area contributed by atoms with Crippen molar-refractivity contribution in [2.45, 2.75) is 30.3 Å². The average Bonchev–Trinajstić information content (AvgIpc) is 3.34. The molecule has 35 heavy (non-hydrogen) atoms. The molecule has 3 aromatic rings. The van der Waals surface area contributed by atoms with Gasteiger partial charge in [-0.25, -0.2) is 8.42 Å². The molecule has 7 heteroatoms. The van der Waals surface area contributed by atoms with Gasteiger partial charge in [0.15, 0.2) is 0 Å². The number of para-hydroxylation sites is 1. The number of hydrogen-bond donors (Lipinski definition) is 2. The van der Waals surface area contributed by atoms with E-state index in [1.165, 1.54) is 0 Å². The molecule has 3 atom stereocenters. The van der Waals surface area contributed by atoms with Gasteiger partial charge >= 0.3 is 0 Å². The highest BCUT2D eigenvalue weighted by atomic mass is 32.2. The van der Waals surface area contributed by atoms with E-state index in [0.29, 0.717) is 18.7 Å². The van der Waals surface area contributed by atoms with E-state index >= 15 is 0 Å². The molecule has 0 saturated carbocycles. The summed E-state index contributed by atoms with van der Waals surface area (Å²) >= 11 is 0. The third-order valence-corrected chi connectivity index (χ3v) is 8.79. The highest BCUT2D eigenvalue weighted by Crippen LogP contribution is 2.48. The van der Waals surface area contributed by atoms with Crippen molar-refractivity contribution in [3.63, 3.8) is 0 Å². The van der Waals surface area contributed by atoms with Gasteiger partial charge in [0.25, 0.3) is 0 Å². The van der Waals surface area contributed by atoms with E-state index < -0.39 is 10.0 Å². The molecule has 0 unspecified atom stereocenters. The summed E-state index contributed by atoms with van der Waals surface area (Å²) in [6.45, 7) is 2.28. The Morgan fingerprint density at radius 3 is 2.60 bits per heavy atom.